The Morgan fingerprint density at radius 1 is 1.08 bits per heavy atom. The maximum Gasteiger partial charge on any atom is 0.416 e. The molecule has 1 saturated heterocycles. The number of amides is 4. The van der Waals surface area contributed by atoms with Crippen LogP contribution in [-0.4, -0.2) is 35.9 Å². The SMILES string of the molecule is COc1ccc([C@H]2NC(=O)N(C(Cc3ccccc3C(F)(F)F)C(=O)Nc3ccc(C)cc3F)C2=O)cc1. The molecule has 11 heteroatoms. The summed E-state index contributed by atoms with van der Waals surface area (Å²) in [5, 5.41) is 4.79. The fourth-order valence-corrected chi connectivity index (χ4v) is 4.23. The van der Waals surface area contributed by atoms with Gasteiger partial charge in [-0.1, -0.05) is 36.4 Å². The van der Waals surface area contributed by atoms with Gasteiger partial charge in [-0.05, 0) is 53.9 Å². The number of hydrogen-bond acceptors (Lipinski definition) is 4. The van der Waals surface area contributed by atoms with Crippen molar-refractivity contribution in [2.45, 2.75) is 31.6 Å². The van der Waals surface area contributed by atoms with Gasteiger partial charge in [0.15, 0.2) is 0 Å². The number of benzene rings is 3. The molecule has 1 unspecified atom stereocenters. The smallest absolute Gasteiger partial charge is 0.416 e. The number of hydrogen-bond donors (Lipinski definition) is 2. The normalized spacial score (nSPS) is 16.3. The highest BCUT2D eigenvalue weighted by molar-refractivity contribution is 6.09. The van der Waals surface area contributed by atoms with Crippen molar-refractivity contribution >= 4 is 23.5 Å². The third kappa shape index (κ3) is 5.46. The van der Waals surface area contributed by atoms with Crippen molar-refractivity contribution in [3.05, 3.63) is 94.8 Å². The van der Waals surface area contributed by atoms with E-state index in [2.05, 4.69) is 10.6 Å². The van der Waals surface area contributed by atoms with Crippen LogP contribution in [0.25, 0.3) is 0 Å². The lowest BCUT2D eigenvalue weighted by Crippen LogP contribution is -2.49. The quantitative estimate of drug-likeness (QED) is 0.333. The Labute approximate surface area is 215 Å². The second-order valence-electron chi connectivity index (χ2n) is 8.71. The van der Waals surface area contributed by atoms with E-state index in [4.69, 9.17) is 4.74 Å². The molecule has 0 aromatic heterocycles. The molecule has 7 nitrogen and oxygen atoms in total. The summed E-state index contributed by atoms with van der Waals surface area (Å²) in [6.45, 7) is 1.64. The van der Waals surface area contributed by atoms with Crippen LogP contribution in [0.2, 0.25) is 0 Å². The summed E-state index contributed by atoms with van der Waals surface area (Å²) < 4.78 is 60.6. The van der Waals surface area contributed by atoms with Gasteiger partial charge in [-0.25, -0.2) is 14.1 Å². The van der Waals surface area contributed by atoms with Gasteiger partial charge in [-0.3, -0.25) is 9.59 Å². The first-order valence-corrected chi connectivity index (χ1v) is 11.5. The highest BCUT2D eigenvalue weighted by Crippen LogP contribution is 2.34. The Bertz CT molecular complexity index is 1380. The van der Waals surface area contributed by atoms with E-state index in [0.29, 0.717) is 21.8 Å². The molecule has 0 radical (unpaired) electrons. The van der Waals surface area contributed by atoms with Crippen LogP contribution < -0.4 is 15.4 Å². The van der Waals surface area contributed by atoms with Gasteiger partial charge in [-0.2, -0.15) is 13.2 Å². The maximum atomic E-state index is 14.5. The standard InChI is InChI=1S/C27H23F4N3O4/c1-15-7-12-21(20(28)13-15)32-24(35)22(14-17-5-3-4-6-19(17)27(29,30)31)34-25(36)23(33-26(34)37)16-8-10-18(38-2)11-9-16/h3-13,22-23H,14H2,1-2H3,(H,32,35)(H,33,37)/t22?,23-/m1/s1. The van der Waals surface area contributed by atoms with Gasteiger partial charge < -0.3 is 15.4 Å². The van der Waals surface area contributed by atoms with Crippen molar-refractivity contribution in [2.75, 3.05) is 12.4 Å². The van der Waals surface area contributed by atoms with E-state index in [-0.39, 0.29) is 11.3 Å². The van der Waals surface area contributed by atoms with Gasteiger partial charge in [0.1, 0.15) is 23.7 Å². The van der Waals surface area contributed by atoms with Gasteiger partial charge in [0, 0.05) is 6.42 Å². The average molecular weight is 529 g/mol. The maximum absolute atomic E-state index is 14.5. The Morgan fingerprint density at radius 3 is 2.39 bits per heavy atom. The van der Waals surface area contributed by atoms with Crippen LogP contribution in [0.1, 0.15) is 28.3 Å². The number of methoxy groups -OCH3 is 1. The first-order chi connectivity index (χ1) is 18.0. The molecule has 1 heterocycles. The average Bonchev–Trinajstić information content (AvgIpc) is 3.17. The topological polar surface area (TPSA) is 87.7 Å². The van der Waals surface area contributed by atoms with Crippen LogP contribution in [-0.2, 0) is 22.2 Å². The molecule has 3 aromatic carbocycles. The lowest BCUT2D eigenvalue weighted by molar-refractivity contribution is -0.138. The predicted octanol–water partition coefficient (Wildman–Crippen LogP) is 5.00. The predicted molar refractivity (Wildman–Crippen MR) is 130 cm³/mol. The zero-order valence-electron chi connectivity index (χ0n) is 20.3. The molecule has 1 aliphatic rings. The van der Waals surface area contributed by atoms with Crippen LogP contribution in [0.3, 0.4) is 0 Å². The van der Waals surface area contributed by atoms with Crippen LogP contribution >= 0.6 is 0 Å². The van der Waals surface area contributed by atoms with Gasteiger partial charge in [0.25, 0.3) is 5.91 Å². The first-order valence-electron chi connectivity index (χ1n) is 11.5. The lowest BCUT2D eigenvalue weighted by atomic mass is 9.97. The van der Waals surface area contributed by atoms with Crippen molar-refractivity contribution in [1.29, 1.82) is 0 Å². The second-order valence-corrected chi connectivity index (χ2v) is 8.71. The van der Waals surface area contributed by atoms with Crippen LogP contribution in [0, 0.1) is 12.7 Å². The molecular weight excluding hydrogens is 506 g/mol. The molecule has 0 bridgehead atoms. The number of imide groups is 1. The molecule has 3 aromatic rings. The Balaban J connectivity index is 1.71. The number of nitrogens with zero attached hydrogens (tertiary/aromatic N) is 1. The third-order valence-corrected chi connectivity index (χ3v) is 6.15. The summed E-state index contributed by atoms with van der Waals surface area (Å²) in [4.78, 5) is 40.3. The molecule has 198 valence electrons. The van der Waals surface area contributed by atoms with Crippen molar-refractivity contribution < 1.29 is 36.7 Å². The number of ether oxygens (including phenoxy) is 1. The number of nitrogens with one attached hydrogen (secondary N) is 2. The Hall–Kier alpha value is -4.41. The fraction of sp³-hybridized carbons (Fsp3) is 0.222. The van der Waals surface area contributed by atoms with Gasteiger partial charge in [-0.15, -0.1) is 0 Å². The molecule has 38 heavy (non-hydrogen) atoms. The van der Waals surface area contributed by atoms with E-state index in [1.807, 2.05) is 0 Å². The number of anilines is 1. The molecule has 0 saturated carbocycles. The van der Waals surface area contributed by atoms with Crippen LogP contribution in [0.5, 0.6) is 5.75 Å². The van der Waals surface area contributed by atoms with E-state index in [1.54, 1.807) is 31.2 Å². The monoisotopic (exact) mass is 529 g/mol. The lowest BCUT2D eigenvalue weighted by Gasteiger charge is -2.26. The van der Waals surface area contributed by atoms with Gasteiger partial charge in [0.2, 0.25) is 5.91 Å². The number of rotatable bonds is 7. The molecule has 2 atom stereocenters. The molecule has 0 aliphatic carbocycles. The molecule has 1 fully saturated rings. The molecule has 1 aliphatic heterocycles. The number of urea groups is 1. The zero-order valence-corrected chi connectivity index (χ0v) is 20.3. The van der Waals surface area contributed by atoms with Gasteiger partial charge in [0.05, 0.1) is 18.4 Å². The van der Waals surface area contributed by atoms with E-state index in [0.717, 1.165) is 18.2 Å². The number of carbonyl (C=O) groups excluding carboxylic acids is 3. The minimum atomic E-state index is -4.75. The summed E-state index contributed by atoms with van der Waals surface area (Å²) in [5.74, 6) is -2.14. The van der Waals surface area contributed by atoms with E-state index < -0.39 is 53.9 Å². The zero-order chi connectivity index (χ0) is 27.6. The van der Waals surface area contributed by atoms with Crippen molar-refractivity contribution in [1.82, 2.24) is 10.2 Å². The minimum absolute atomic E-state index is 0.242. The molecule has 2 N–H and O–H groups in total. The summed E-state index contributed by atoms with van der Waals surface area (Å²) in [7, 11) is 1.46. The number of halogens is 4. The highest BCUT2D eigenvalue weighted by atomic mass is 19.4. The Morgan fingerprint density at radius 2 is 1.76 bits per heavy atom. The van der Waals surface area contributed by atoms with Gasteiger partial charge >= 0.3 is 12.2 Å². The van der Waals surface area contributed by atoms with E-state index in [1.165, 1.54) is 31.4 Å². The molecule has 4 amide bonds. The van der Waals surface area contributed by atoms with Crippen LogP contribution in [0.15, 0.2) is 66.7 Å². The number of aryl methyl sites for hydroxylation is 1. The summed E-state index contributed by atoms with van der Waals surface area (Å²) in [5.41, 5.74) is -0.608. The van der Waals surface area contributed by atoms with E-state index in [9.17, 15) is 31.9 Å². The van der Waals surface area contributed by atoms with Crippen molar-refractivity contribution in [3.63, 3.8) is 0 Å². The van der Waals surface area contributed by atoms with Crippen molar-refractivity contribution in [2.24, 2.45) is 0 Å². The third-order valence-electron chi connectivity index (χ3n) is 6.15. The second kappa shape index (κ2) is 10.5. The Kier molecular flexibility index (Phi) is 7.38. The van der Waals surface area contributed by atoms with Crippen molar-refractivity contribution in [3.8, 4) is 5.75 Å². The summed E-state index contributed by atoms with van der Waals surface area (Å²) >= 11 is 0. The molecule has 0 spiro atoms. The number of carbonyl (C=O) groups is 3. The minimum Gasteiger partial charge on any atom is -0.497 e. The first kappa shape index (κ1) is 26.6. The molecular formula is C27H23F4N3O4. The van der Waals surface area contributed by atoms with E-state index >= 15 is 0 Å². The highest BCUT2D eigenvalue weighted by Gasteiger charge is 2.46. The van der Waals surface area contributed by atoms with Crippen LogP contribution in [0.4, 0.5) is 28.0 Å². The molecule has 4 rings (SSSR count). The largest absolute Gasteiger partial charge is 0.497 e. The summed E-state index contributed by atoms with van der Waals surface area (Å²) in [6, 6.07) is 10.9. The summed E-state index contributed by atoms with van der Waals surface area (Å²) in [6.07, 6.45) is -5.40. The number of alkyl halides is 3. The fourth-order valence-electron chi connectivity index (χ4n) is 4.23.